The van der Waals surface area contributed by atoms with E-state index in [-0.39, 0.29) is 23.5 Å². The highest BCUT2D eigenvalue weighted by Gasteiger charge is 2.41. The molecule has 1 aromatic heterocycles. The van der Waals surface area contributed by atoms with Crippen LogP contribution in [0, 0.1) is 17.7 Å². The molecule has 0 spiro atoms. The van der Waals surface area contributed by atoms with Crippen molar-refractivity contribution < 1.29 is 19.4 Å². The van der Waals surface area contributed by atoms with Gasteiger partial charge in [-0.05, 0) is 118 Å². The summed E-state index contributed by atoms with van der Waals surface area (Å²) in [5.74, 6) is 0.607. The topological polar surface area (TPSA) is 81.8 Å². The fraction of sp³-hybridized carbons (Fsp3) is 0.556. The molecule has 0 radical (unpaired) electrons. The van der Waals surface area contributed by atoms with Gasteiger partial charge < -0.3 is 15.1 Å². The number of nitrogens with zero attached hydrogens (tertiary/aromatic N) is 4. The summed E-state index contributed by atoms with van der Waals surface area (Å²) in [4.78, 5) is 16.9. The number of hydrogen-bond acceptors (Lipinski definition) is 5. The minimum atomic E-state index is -0.758. The first-order valence-electron chi connectivity index (χ1n) is 16.4. The normalized spacial score (nSPS) is 22.2. The van der Waals surface area contributed by atoms with Crippen molar-refractivity contribution in [2.75, 3.05) is 26.7 Å². The van der Waals surface area contributed by atoms with E-state index in [2.05, 4.69) is 41.3 Å². The van der Waals surface area contributed by atoms with Gasteiger partial charge in [-0.1, -0.05) is 38.1 Å². The lowest BCUT2D eigenvalue weighted by Gasteiger charge is -2.35. The molecule has 0 amide bonds. The van der Waals surface area contributed by atoms with Gasteiger partial charge in [-0.2, -0.15) is 5.10 Å². The first-order chi connectivity index (χ1) is 21.1. The number of benzene rings is 2. The van der Waals surface area contributed by atoms with Crippen molar-refractivity contribution in [3.8, 4) is 5.75 Å². The number of likely N-dealkylation sites (N-methyl/N-ethyl adjacent to an activating group) is 1. The van der Waals surface area contributed by atoms with E-state index in [1.165, 1.54) is 11.8 Å². The van der Waals surface area contributed by atoms with Gasteiger partial charge in [0, 0.05) is 37.2 Å². The van der Waals surface area contributed by atoms with Gasteiger partial charge in [0.25, 0.3) is 0 Å². The maximum absolute atomic E-state index is 14.3. The Morgan fingerprint density at radius 1 is 1.09 bits per heavy atom. The number of aromatic hydroxyl groups is 1. The Hall–Kier alpha value is -3.23. The van der Waals surface area contributed by atoms with Gasteiger partial charge >= 0.3 is 5.97 Å². The van der Waals surface area contributed by atoms with E-state index < -0.39 is 12.0 Å². The van der Waals surface area contributed by atoms with Crippen LogP contribution >= 0.6 is 0 Å². The smallest absolute Gasteiger partial charge is 0.320 e. The molecular formula is C36H49FN4O3. The fourth-order valence-electron chi connectivity index (χ4n) is 7.64. The summed E-state index contributed by atoms with van der Waals surface area (Å²) in [6.45, 7) is 10.1. The summed E-state index contributed by atoms with van der Waals surface area (Å²) in [5.41, 5.74) is 4.54. The Morgan fingerprint density at radius 3 is 2.45 bits per heavy atom. The number of carbonyl (C=O) groups is 1. The van der Waals surface area contributed by atoms with Crippen LogP contribution in [0.5, 0.6) is 5.75 Å². The molecule has 7 nitrogen and oxygen atoms in total. The number of piperidine rings is 1. The zero-order valence-corrected chi connectivity index (χ0v) is 26.7. The van der Waals surface area contributed by atoms with Gasteiger partial charge in [0.05, 0.1) is 5.69 Å². The Balaban J connectivity index is 1.25. The van der Waals surface area contributed by atoms with E-state index in [0.29, 0.717) is 24.2 Å². The number of rotatable bonds is 12. The van der Waals surface area contributed by atoms with Gasteiger partial charge in [0.1, 0.15) is 17.6 Å². The summed E-state index contributed by atoms with van der Waals surface area (Å²) in [5, 5.41) is 24.6. The van der Waals surface area contributed by atoms with Crippen molar-refractivity contribution in [1.82, 2.24) is 19.6 Å². The van der Waals surface area contributed by atoms with E-state index >= 15 is 0 Å². The number of phenolic OH excluding ortho intramolecular Hbond substituents is 1. The maximum Gasteiger partial charge on any atom is 0.320 e. The minimum absolute atomic E-state index is 0.150. The molecular weight excluding hydrogens is 555 g/mol. The molecule has 1 saturated heterocycles. The summed E-state index contributed by atoms with van der Waals surface area (Å²) in [6.07, 6.45) is 5.28. The second-order valence-corrected chi connectivity index (χ2v) is 13.5. The number of hydrogen-bond donors (Lipinski definition) is 2. The third-order valence-corrected chi connectivity index (χ3v) is 9.98. The molecule has 5 rings (SSSR count). The molecule has 238 valence electrons. The minimum Gasteiger partial charge on any atom is -0.508 e. The maximum atomic E-state index is 14.3. The summed E-state index contributed by atoms with van der Waals surface area (Å²) in [6, 6.07) is 16.3. The SMILES string of the molecule is CCn1nc(Cc2ccc(O)cc2)cc1C1CCN(CC2CC(N(C)[C@H](CC(C)C)C(=O)O)CC2c2cccc(F)c2)CC1. The first kappa shape index (κ1) is 32.2. The molecule has 8 heteroatoms. The van der Waals surface area contributed by atoms with Crippen molar-refractivity contribution in [3.63, 3.8) is 0 Å². The molecule has 2 fully saturated rings. The van der Waals surface area contributed by atoms with E-state index in [1.54, 1.807) is 24.3 Å². The van der Waals surface area contributed by atoms with Crippen molar-refractivity contribution in [2.24, 2.45) is 11.8 Å². The Morgan fingerprint density at radius 2 is 1.82 bits per heavy atom. The predicted octanol–water partition coefficient (Wildman–Crippen LogP) is 6.51. The number of aromatic nitrogens is 2. The van der Waals surface area contributed by atoms with E-state index in [0.717, 1.165) is 75.1 Å². The quantitative estimate of drug-likeness (QED) is 0.245. The Kier molecular flexibility index (Phi) is 10.4. The van der Waals surface area contributed by atoms with Crippen LogP contribution < -0.4 is 0 Å². The van der Waals surface area contributed by atoms with Crippen molar-refractivity contribution in [3.05, 3.63) is 82.9 Å². The average Bonchev–Trinajstić information content (AvgIpc) is 3.61. The number of carboxylic acids is 1. The van der Waals surface area contributed by atoms with Crippen LogP contribution in [0.4, 0.5) is 4.39 Å². The molecule has 4 atom stereocenters. The lowest BCUT2D eigenvalue weighted by Crippen LogP contribution is -2.45. The molecule has 1 saturated carbocycles. The van der Waals surface area contributed by atoms with Crippen LogP contribution in [0.1, 0.15) is 87.2 Å². The van der Waals surface area contributed by atoms with Crippen molar-refractivity contribution in [1.29, 1.82) is 0 Å². The first-order valence-corrected chi connectivity index (χ1v) is 16.4. The largest absolute Gasteiger partial charge is 0.508 e. The summed E-state index contributed by atoms with van der Waals surface area (Å²) < 4.78 is 16.5. The lowest BCUT2D eigenvalue weighted by atomic mass is 9.87. The Bertz CT molecular complexity index is 1380. The standard InChI is InChI=1S/C36H49FN4O3/c1-5-41-34(21-30(38-41)18-25-9-11-32(42)12-10-25)26-13-15-40(16-14-26)23-28-20-31(39(4)35(36(43)44)17-24(2)3)22-33(28)27-7-6-8-29(37)19-27/h6-12,19,21,24,26,28,31,33,35,42H,5,13-18,20,22-23H2,1-4H3,(H,43,44)/t28?,31?,33?,35-/m1/s1. The number of halogens is 1. The molecule has 3 unspecified atom stereocenters. The average molecular weight is 605 g/mol. The van der Waals surface area contributed by atoms with E-state index in [1.807, 2.05) is 25.2 Å². The van der Waals surface area contributed by atoms with Crippen LogP contribution in [0.2, 0.25) is 0 Å². The molecule has 44 heavy (non-hydrogen) atoms. The number of carboxylic acid groups (broad SMARTS) is 1. The van der Waals surface area contributed by atoms with E-state index in [4.69, 9.17) is 5.10 Å². The van der Waals surface area contributed by atoms with Crippen molar-refractivity contribution >= 4 is 5.97 Å². The monoisotopic (exact) mass is 604 g/mol. The van der Waals surface area contributed by atoms with Crippen LogP contribution in [-0.2, 0) is 17.8 Å². The highest BCUT2D eigenvalue weighted by atomic mass is 19.1. The summed E-state index contributed by atoms with van der Waals surface area (Å²) >= 11 is 0. The lowest BCUT2D eigenvalue weighted by molar-refractivity contribution is -0.144. The summed E-state index contributed by atoms with van der Waals surface area (Å²) in [7, 11) is 1.97. The highest BCUT2D eigenvalue weighted by molar-refractivity contribution is 5.73. The molecule has 2 aromatic carbocycles. The third-order valence-electron chi connectivity index (χ3n) is 9.98. The molecule has 2 N–H and O–H groups in total. The number of aryl methyl sites for hydroxylation is 1. The fourth-order valence-corrected chi connectivity index (χ4v) is 7.64. The second-order valence-electron chi connectivity index (χ2n) is 13.5. The van der Waals surface area contributed by atoms with Gasteiger partial charge in [-0.3, -0.25) is 14.4 Å². The molecule has 1 aliphatic carbocycles. The third kappa shape index (κ3) is 7.70. The van der Waals surface area contributed by atoms with Gasteiger partial charge in [0.15, 0.2) is 0 Å². The van der Waals surface area contributed by atoms with Crippen LogP contribution in [0.3, 0.4) is 0 Å². The van der Waals surface area contributed by atoms with Crippen LogP contribution in [0.15, 0.2) is 54.6 Å². The van der Waals surface area contributed by atoms with Gasteiger partial charge in [-0.15, -0.1) is 0 Å². The number of aliphatic carboxylic acids is 1. The number of phenols is 1. The molecule has 3 aromatic rings. The molecule has 2 aliphatic rings. The second kappa shape index (κ2) is 14.2. The zero-order chi connectivity index (χ0) is 31.4. The van der Waals surface area contributed by atoms with Crippen molar-refractivity contribution in [2.45, 2.75) is 89.8 Å². The number of likely N-dealkylation sites (tertiary alicyclic amines) is 1. The van der Waals surface area contributed by atoms with Gasteiger partial charge in [0.2, 0.25) is 0 Å². The molecule has 2 heterocycles. The zero-order valence-electron chi connectivity index (χ0n) is 26.7. The predicted molar refractivity (Wildman–Crippen MR) is 172 cm³/mol. The van der Waals surface area contributed by atoms with Gasteiger partial charge in [-0.25, -0.2) is 4.39 Å². The molecule has 1 aliphatic heterocycles. The highest BCUT2D eigenvalue weighted by Crippen LogP contribution is 2.43. The Labute approximate surface area is 261 Å². The van der Waals surface area contributed by atoms with Crippen LogP contribution in [0.25, 0.3) is 0 Å². The molecule has 0 bridgehead atoms. The van der Waals surface area contributed by atoms with Crippen LogP contribution in [-0.4, -0.2) is 74.5 Å². The van der Waals surface area contributed by atoms with E-state index in [9.17, 15) is 19.4 Å².